The fourth-order valence-electron chi connectivity index (χ4n) is 3.90. The normalized spacial score (nSPS) is 11.7. The Kier molecular flexibility index (Phi) is 5.52. The van der Waals surface area contributed by atoms with Gasteiger partial charge in [0.25, 0.3) is 10.0 Å². The lowest BCUT2D eigenvalue weighted by atomic mass is 10.1. The highest BCUT2D eigenvalue weighted by molar-refractivity contribution is 7.90. The molecule has 2 aromatic heterocycles. The van der Waals surface area contributed by atoms with Crippen molar-refractivity contribution in [2.75, 3.05) is 7.11 Å². The van der Waals surface area contributed by atoms with E-state index in [-0.39, 0.29) is 17.9 Å². The number of methoxy groups -OCH3 is 1. The van der Waals surface area contributed by atoms with Gasteiger partial charge in [0.2, 0.25) is 0 Å². The van der Waals surface area contributed by atoms with Gasteiger partial charge < -0.3 is 14.4 Å². The van der Waals surface area contributed by atoms with Crippen molar-refractivity contribution in [3.63, 3.8) is 0 Å². The number of carboxylic acid groups (broad SMARTS) is 1. The summed E-state index contributed by atoms with van der Waals surface area (Å²) >= 11 is 0. The van der Waals surface area contributed by atoms with Crippen molar-refractivity contribution >= 4 is 26.9 Å². The lowest BCUT2D eigenvalue weighted by Crippen LogP contribution is -2.15. The highest BCUT2D eigenvalue weighted by atomic mass is 32.2. The first-order valence-corrected chi connectivity index (χ1v) is 11.2. The van der Waals surface area contributed by atoms with Crippen molar-refractivity contribution < 1.29 is 27.4 Å². The molecule has 0 amide bonds. The van der Waals surface area contributed by atoms with E-state index >= 15 is 0 Å². The Hall–Kier alpha value is -3.59. The monoisotopic (exact) mass is 456 g/mol. The van der Waals surface area contributed by atoms with Gasteiger partial charge in [-0.25, -0.2) is 16.8 Å². The van der Waals surface area contributed by atoms with E-state index in [2.05, 4.69) is 0 Å². The highest BCUT2D eigenvalue weighted by Gasteiger charge is 2.22. The van der Waals surface area contributed by atoms with E-state index in [4.69, 9.17) is 4.74 Å². The second-order valence-electron chi connectivity index (χ2n) is 7.36. The summed E-state index contributed by atoms with van der Waals surface area (Å²) < 4.78 is 48.4. The lowest BCUT2D eigenvalue weighted by Gasteiger charge is -2.12. The molecule has 1 N–H and O–H groups in total. The predicted molar refractivity (Wildman–Crippen MR) is 117 cm³/mol. The first kappa shape index (κ1) is 21.6. The van der Waals surface area contributed by atoms with Crippen LogP contribution in [-0.4, -0.2) is 35.1 Å². The number of benzene rings is 2. The van der Waals surface area contributed by atoms with Crippen molar-refractivity contribution in [3.8, 4) is 5.75 Å². The van der Waals surface area contributed by atoms with Crippen LogP contribution in [0.25, 0.3) is 10.9 Å². The molecule has 166 valence electrons. The Balaban J connectivity index is 1.80. The first-order chi connectivity index (χ1) is 15.2. The fourth-order valence-corrected chi connectivity index (χ4v) is 5.27. The van der Waals surface area contributed by atoms with E-state index in [9.17, 15) is 22.7 Å². The van der Waals surface area contributed by atoms with Crippen LogP contribution in [0, 0.1) is 12.7 Å². The van der Waals surface area contributed by atoms with Crippen molar-refractivity contribution in [2.24, 2.45) is 0 Å². The third-order valence-electron chi connectivity index (χ3n) is 5.48. The maximum Gasteiger partial charge on any atom is 0.323 e. The summed E-state index contributed by atoms with van der Waals surface area (Å²) in [6, 6.07) is 13.6. The van der Waals surface area contributed by atoms with Crippen LogP contribution in [0.3, 0.4) is 0 Å². The van der Waals surface area contributed by atoms with E-state index in [0.717, 1.165) is 0 Å². The Morgan fingerprint density at radius 1 is 1.12 bits per heavy atom. The second-order valence-corrected chi connectivity index (χ2v) is 9.17. The van der Waals surface area contributed by atoms with Crippen LogP contribution in [0.4, 0.5) is 4.39 Å². The third-order valence-corrected chi connectivity index (χ3v) is 7.22. The highest BCUT2D eigenvalue weighted by Crippen LogP contribution is 2.30. The number of fused-ring (bicyclic) bond motifs is 1. The number of nitrogens with zero attached hydrogens (tertiary/aromatic N) is 2. The van der Waals surface area contributed by atoms with Crippen molar-refractivity contribution in [3.05, 3.63) is 83.6 Å². The van der Waals surface area contributed by atoms with Crippen molar-refractivity contribution in [1.82, 2.24) is 8.54 Å². The van der Waals surface area contributed by atoms with Crippen LogP contribution >= 0.6 is 0 Å². The van der Waals surface area contributed by atoms with Gasteiger partial charge in [0, 0.05) is 34.9 Å². The quantitative estimate of drug-likeness (QED) is 0.457. The van der Waals surface area contributed by atoms with Gasteiger partial charge in [-0.05, 0) is 67.1 Å². The van der Waals surface area contributed by atoms with Crippen LogP contribution < -0.4 is 4.74 Å². The Bertz CT molecular complexity index is 1420. The molecule has 0 atom stereocenters. The fraction of sp³-hybridized carbons (Fsp3) is 0.174. The van der Waals surface area contributed by atoms with Crippen LogP contribution in [0.2, 0.25) is 0 Å². The van der Waals surface area contributed by atoms with Crippen molar-refractivity contribution in [2.45, 2.75) is 24.8 Å². The zero-order chi connectivity index (χ0) is 23.0. The number of aromatic nitrogens is 2. The Morgan fingerprint density at radius 2 is 1.84 bits per heavy atom. The first-order valence-electron chi connectivity index (χ1n) is 9.77. The Labute approximate surface area is 184 Å². The van der Waals surface area contributed by atoms with E-state index in [1.54, 1.807) is 35.8 Å². The molecule has 0 aliphatic rings. The number of halogens is 1. The van der Waals surface area contributed by atoms with Gasteiger partial charge >= 0.3 is 5.97 Å². The SMILES string of the molecule is COc1ccc(S(=O)(=O)n2cccc2Cc2c(C)n(CC(=O)O)c3ccc(F)cc23)cc1. The van der Waals surface area contributed by atoms with Gasteiger partial charge in [0.1, 0.15) is 18.1 Å². The van der Waals surface area contributed by atoms with Gasteiger partial charge in [0.15, 0.2) is 0 Å². The minimum absolute atomic E-state index is 0.104. The molecule has 4 aromatic rings. The molecule has 9 heteroatoms. The molecule has 2 aromatic carbocycles. The average molecular weight is 456 g/mol. The molecule has 32 heavy (non-hydrogen) atoms. The molecule has 0 bridgehead atoms. The van der Waals surface area contributed by atoms with Gasteiger partial charge in [-0.1, -0.05) is 0 Å². The number of carboxylic acids is 1. The minimum Gasteiger partial charge on any atom is -0.497 e. The van der Waals surface area contributed by atoms with Crippen molar-refractivity contribution in [1.29, 1.82) is 0 Å². The summed E-state index contributed by atoms with van der Waals surface area (Å²) in [4.78, 5) is 11.5. The zero-order valence-electron chi connectivity index (χ0n) is 17.4. The molecular weight excluding hydrogens is 435 g/mol. The number of ether oxygens (including phenoxy) is 1. The molecule has 4 rings (SSSR count). The number of carbonyl (C=O) groups is 1. The van der Waals surface area contributed by atoms with Crippen LogP contribution in [-0.2, 0) is 27.8 Å². The summed E-state index contributed by atoms with van der Waals surface area (Å²) in [5.74, 6) is -0.931. The van der Waals surface area contributed by atoms with E-state index < -0.39 is 21.8 Å². The lowest BCUT2D eigenvalue weighted by molar-refractivity contribution is -0.137. The summed E-state index contributed by atoms with van der Waals surface area (Å²) in [5, 5.41) is 9.85. The van der Waals surface area contributed by atoms with E-state index in [1.165, 1.54) is 47.6 Å². The number of rotatable bonds is 7. The van der Waals surface area contributed by atoms with Gasteiger partial charge in [-0.3, -0.25) is 4.79 Å². The molecule has 0 saturated carbocycles. The van der Waals surface area contributed by atoms with E-state index in [0.29, 0.717) is 33.6 Å². The topological polar surface area (TPSA) is 90.5 Å². The second kappa shape index (κ2) is 8.16. The van der Waals surface area contributed by atoms with Gasteiger partial charge in [0.05, 0.1) is 12.0 Å². The summed E-state index contributed by atoms with van der Waals surface area (Å²) in [7, 11) is -2.37. The van der Waals surface area contributed by atoms with Crippen LogP contribution in [0.1, 0.15) is 17.0 Å². The maximum atomic E-state index is 14.0. The molecule has 0 aliphatic carbocycles. The molecule has 0 spiro atoms. The van der Waals surface area contributed by atoms with Gasteiger partial charge in [-0.2, -0.15) is 0 Å². The maximum absolute atomic E-state index is 14.0. The standard InChI is InChI=1S/C23H21FN2O5S/c1-15-20(21-12-16(24)5-10-22(21)25(15)14-23(27)28)13-17-4-3-11-26(17)32(29,30)19-8-6-18(31-2)7-9-19/h3-12H,13-14H2,1-2H3,(H,27,28). The molecule has 2 heterocycles. The summed E-state index contributed by atoms with van der Waals surface area (Å²) in [6.45, 7) is 1.47. The number of hydrogen-bond donors (Lipinski definition) is 1. The predicted octanol–water partition coefficient (Wildman–Crippen LogP) is 3.81. The van der Waals surface area contributed by atoms with Crippen LogP contribution in [0.5, 0.6) is 5.75 Å². The Morgan fingerprint density at radius 3 is 2.50 bits per heavy atom. The summed E-state index contributed by atoms with van der Waals surface area (Å²) in [5.41, 5.74) is 2.37. The zero-order valence-corrected chi connectivity index (χ0v) is 18.3. The van der Waals surface area contributed by atoms with E-state index in [1.807, 2.05) is 0 Å². The molecule has 0 aliphatic heterocycles. The number of hydrogen-bond acceptors (Lipinski definition) is 4. The van der Waals surface area contributed by atoms with Gasteiger partial charge in [-0.15, -0.1) is 0 Å². The smallest absolute Gasteiger partial charge is 0.323 e. The van der Waals surface area contributed by atoms with Crippen LogP contribution in [0.15, 0.2) is 65.7 Å². The molecular formula is C23H21FN2O5S. The summed E-state index contributed by atoms with van der Waals surface area (Å²) in [6.07, 6.45) is 1.64. The molecule has 0 radical (unpaired) electrons. The number of aliphatic carboxylic acids is 1. The molecule has 0 unspecified atom stereocenters. The minimum atomic E-state index is -3.87. The molecule has 0 saturated heterocycles. The third kappa shape index (κ3) is 3.75. The molecule has 7 nitrogen and oxygen atoms in total. The average Bonchev–Trinajstić information content (AvgIpc) is 3.33. The largest absolute Gasteiger partial charge is 0.497 e. The molecule has 0 fully saturated rings.